The molecule has 0 spiro atoms. The first-order valence-electron chi connectivity index (χ1n) is 5.33. The molecule has 0 fully saturated rings. The van der Waals surface area contributed by atoms with Gasteiger partial charge in [-0.15, -0.1) is 0 Å². The van der Waals surface area contributed by atoms with Crippen LogP contribution in [0.4, 0.5) is 5.69 Å². The Labute approximate surface area is 90.8 Å². The van der Waals surface area contributed by atoms with Crippen LogP contribution in [0.2, 0.25) is 0 Å². The van der Waals surface area contributed by atoms with Gasteiger partial charge in [0.15, 0.2) is 0 Å². The van der Waals surface area contributed by atoms with E-state index in [1.165, 1.54) is 5.56 Å². The van der Waals surface area contributed by atoms with E-state index in [-0.39, 0.29) is 13.2 Å². The largest absolute Gasteiger partial charge is 0.396 e. The highest BCUT2D eigenvalue weighted by atomic mass is 16.3. The highest BCUT2D eigenvalue weighted by molar-refractivity contribution is 5.52. The molecule has 3 heteroatoms. The monoisotopic (exact) mass is 209 g/mol. The van der Waals surface area contributed by atoms with Gasteiger partial charge in [-0.2, -0.15) is 0 Å². The molecule has 3 nitrogen and oxygen atoms in total. The second kappa shape index (κ2) is 6.43. The summed E-state index contributed by atoms with van der Waals surface area (Å²) < 4.78 is 0. The molecule has 0 unspecified atom stereocenters. The van der Waals surface area contributed by atoms with E-state index in [0.717, 1.165) is 30.6 Å². The zero-order valence-electron chi connectivity index (χ0n) is 9.16. The van der Waals surface area contributed by atoms with E-state index in [9.17, 15) is 0 Å². The van der Waals surface area contributed by atoms with Crippen molar-refractivity contribution in [1.82, 2.24) is 0 Å². The number of benzene rings is 1. The number of nitrogens with one attached hydrogen (secondary N) is 1. The van der Waals surface area contributed by atoms with Crippen molar-refractivity contribution in [3.63, 3.8) is 0 Å². The van der Waals surface area contributed by atoms with Gasteiger partial charge in [0.1, 0.15) is 0 Å². The van der Waals surface area contributed by atoms with Crippen molar-refractivity contribution in [2.45, 2.75) is 26.4 Å². The SMILES string of the molecule is Cc1ccc(CO)cc1NCCCCO. The van der Waals surface area contributed by atoms with Gasteiger partial charge in [-0.05, 0) is 37.0 Å². The van der Waals surface area contributed by atoms with E-state index in [4.69, 9.17) is 10.2 Å². The van der Waals surface area contributed by atoms with Crippen molar-refractivity contribution in [3.8, 4) is 0 Å². The van der Waals surface area contributed by atoms with E-state index in [1.807, 2.05) is 25.1 Å². The van der Waals surface area contributed by atoms with Crippen LogP contribution in [-0.2, 0) is 6.61 Å². The number of rotatable bonds is 6. The van der Waals surface area contributed by atoms with Crippen LogP contribution in [0.5, 0.6) is 0 Å². The van der Waals surface area contributed by atoms with Gasteiger partial charge < -0.3 is 15.5 Å². The first kappa shape index (κ1) is 12.0. The van der Waals surface area contributed by atoms with Gasteiger partial charge in [0.2, 0.25) is 0 Å². The van der Waals surface area contributed by atoms with Gasteiger partial charge in [0.25, 0.3) is 0 Å². The molecule has 15 heavy (non-hydrogen) atoms. The molecule has 0 bridgehead atoms. The number of aliphatic hydroxyl groups is 2. The number of hydrogen-bond acceptors (Lipinski definition) is 3. The summed E-state index contributed by atoms with van der Waals surface area (Å²) in [7, 11) is 0. The van der Waals surface area contributed by atoms with Crippen LogP contribution in [0.1, 0.15) is 24.0 Å². The van der Waals surface area contributed by atoms with E-state index in [2.05, 4.69) is 5.32 Å². The molecular formula is C12H19NO2. The highest BCUT2D eigenvalue weighted by Gasteiger charge is 1.99. The maximum atomic E-state index is 9.00. The third-order valence-corrected chi connectivity index (χ3v) is 2.38. The number of anilines is 1. The fraction of sp³-hybridized carbons (Fsp3) is 0.500. The topological polar surface area (TPSA) is 52.5 Å². The van der Waals surface area contributed by atoms with Gasteiger partial charge in [-0.25, -0.2) is 0 Å². The number of aryl methyl sites for hydroxylation is 1. The van der Waals surface area contributed by atoms with Crippen molar-refractivity contribution in [1.29, 1.82) is 0 Å². The van der Waals surface area contributed by atoms with Gasteiger partial charge >= 0.3 is 0 Å². The molecule has 84 valence electrons. The molecule has 0 aliphatic heterocycles. The van der Waals surface area contributed by atoms with Crippen molar-refractivity contribution in [2.75, 3.05) is 18.5 Å². The van der Waals surface area contributed by atoms with Gasteiger partial charge in [-0.3, -0.25) is 0 Å². The Kier molecular flexibility index (Phi) is 5.15. The number of unbranched alkanes of at least 4 members (excludes halogenated alkanes) is 1. The molecule has 0 atom stereocenters. The summed E-state index contributed by atoms with van der Waals surface area (Å²) in [6.07, 6.45) is 1.78. The minimum absolute atomic E-state index is 0.0750. The van der Waals surface area contributed by atoms with Crippen molar-refractivity contribution < 1.29 is 10.2 Å². The van der Waals surface area contributed by atoms with E-state index >= 15 is 0 Å². The molecule has 1 rings (SSSR count). The Bertz CT molecular complexity index is 300. The second-order valence-electron chi connectivity index (χ2n) is 3.66. The standard InChI is InChI=1S/C12H19NO2/c1-10-4-5-11(9-15)8-12(10)13-6-2-3-7-14/h4-5,8,13-15H,2-3,6-7,9H2,1H3. The first-order valence-corrected chi connectivity index (χ1v) is 5.33. The Morgan fingerprint density at radius 1 is 1.20 bits per heavy atom. The summed E-state index contributed by atoms with van der Waals surface area (Å²) >= 11 is 0. The molecular weight excluding hydrogens is 190 g/mol. The molecule has 0 heterocycles. The number of aliphatic hydroxyl groups excluding tert-OH is 2. The van der Waals surface area contributed by atoms with Gasteiger partial charge in [-0.1, -0.05) is 12.1 Å². The average Bonchev–Trinajstić information content (AvgIpc) is 2.26. The summed E-state index contributed by atoms with van der Waals surface area (Å²) in [5.41, 5.74) is 3.17. The fourth-order valence-electron chi connectivity index (χ4n) is 1.42. The summed E-state index contributed by atoms with van der Waals surface area (Å²) in [5, 5.41) is 20.9. The van der Waals surface area contributed by atoms with Crippen molar-refractivity contribution in [3.05, 3.63) is 29.3 Å². The first-order chi connectivity index (χ1) is 7.27. The molecule has 0 saturated carbocycles. The maximum Gasteiger partial charge on any atom is 0.0682 e. The second-order valence-corrected chi connectivity index (χ2v) is 3.66. The predicted octanol–water partition coefficient (Wildman–Crippen LogP) is 1.67. The quantitative estimate of drug-likeness (QED) is 0.625. The summed E-state index contributed by atoms with van der Waals surface area (Å²) in [5.74, 6) is 0. The lowest BCUT2D eigenvalue weighted by Crippen LogP contribution is -2.04. The van der Waals surface area contributed by atoms with Crippen molar-refractivity contribution >= 4 is 5.69 Å². The summed E-state index contributed by atoms with van der Waals surface area (Å²) in [6.45, 7) is 3.22. The maximum absolute atomic E-state index is 9.00. The zero-order chi connectivity index (χ0) is 11.1. The minimum atomic E-state index is 0.0750. The fourth-order valence-corrected chi connectivity index (χ4v) is 1.42. The summed E-state index contributed by atoms with van der Waals surface area (Å²) in [6, 6.07) is 5.89. The summed E-state index contributed by atoms with van der Waals surface area (Å²) in [4.78, 5) is 0. The molecule has 0 saturated heterocycles. The van der Waals surface area contributed by atoms with Crippen LogP contribution < -0.4 is 5.32 Å². The molecule has 0 amide bonds. The average molecular weight is 209 g/mol. The smallest absolute Gasteiger partial charge is 0.0682 e. The minimum Gasteiger partial charge on any atom is -0.396 e. The molecule has 0 radical (unpaired) electrons. The van der Waals surface area contributed by atoms with Crippen LogP contribution in [0, 0.1) is 6.92 Å². The van der Waals surface area contributed by atoms with Gasteiger partial charge in [0.05, 0.1) is 6.61 Å². The van der Waals surface area contributed by atoms with E-state index < -0.39 is 0 Å². The molecule has 1 aromatic carbocycles. The normalized spacial score (nSPS) is 10.3. The third-order valence-electron chi connectivity index (χ3n) is 2.38. The molecule has 0 aromatic heterocycles. The lowest BCUT2D eigenvalue weighted by atomic mass is 10.1. The van der Waals surface area contributed by atoms with Crippen LogP contribution in [0.3, 0.4) is 0 Å². The van der Waals surface area contributed by atoms with Crippen molar-refractivity contribution in [2.24, 2.45) is 0 Å². The Hall–Kier alpha value is -1.06. The Balaban J connectivity index is 2.51. The lowest BCUT2D eigenvalue weighted by Gasteiger charge is -2.10. The van der Waals surface area contributed by atoms with Gasteiger partial charge in [0, 0.05) is 18.8 Å². The molecule has 1 aromatic rings. The zero-order valence-corrected chi connectivity index (χ0v) is 9.16. The van der Waals surface area contributed by atoms with Crippen LogP contribution in [-0.4, -0.2) is 23.4 Å². The molecule has 3 N–H and O–H groups in total. The van der Waals surface area contributed by atoms with Crippen LogP contribution in [0.15, 0.2) is 18.2 Å². The molecule has 0 aliphatic carbocycles. The number of hydrogen-bond donors (Lipinski definition) is 3. The Morgan fingerprint density at radius 3 is 2.67 bits per heavy atom. The van der Waals surface area contributed by atoms with Crippen LogP contribution >= 0.6 is 0 Å². The van der Waals surface area contributed by atoms with E-state index in [0.29, 0.717) is 0 Å². The molecule has 0 aliphatic rings. The predicted molar refractivity (Wildman–Crippen MR) is 61.9 cm³/mol. The highest BCUT2D eigenvalue weighted by Crippen LogP contribution is 2.16. The van der Waals surface area contributed by atoms with E-state index in [1.54, 1.807) is 0 Å². The third kappa shape index (κ3) is 3.90. The van der Waals surface area contributed by atoms with Crippen LogP contribution in [0.25, 0.3) is 0 Å². The Morgan fingerprint density at radius 2 is 2.00 bits per heavy atom. The lowest BCUT2D eigenvalue weighted by molar-refractivity contribution is 0.282.